The van der Waals surface area contributed by atoms with Gasteiger partial charge in [-0.2, -0.15) is 0 Å². The third-order valence-electron chi connectivity index (χ3n) is 3.35. The highest BCUT2D eigenvalue weighted by Gasteiger charge is 2.31. The van der Waals surface area contributed by atoms with Crippen LogP contribution in [0.2, 0.25) is 5.02 Å². The Kier molecular flexibility index (Phi) is 3.85. The minimum Gasteiger partial charge on any atom is -0.399 e. The number of anilines is 2. The molecule has 5 heteroatoms. The van der Waals surface area contributed by atoms with Crippen molar-refractivity contribution in [1.82, 2.24) is 4.98 Å². The summed E-state index contributed by atoms with van der Waals surface area (Å²) in [5, 5.41) is 0.639. The first-order valence-electron chi connectivity index (χ1n) is 6.55. The Morgan fingerprint density at radius 3 is 2.80 bits per heavy atom. The number of nitrogen functional groups attached to an aromatic ring is 1. The van der Waals surface area contributed by atoms with Gasteiger partial charge in [-0.25, -0.2) is 4.98 Å². The van der Waals surface area contributed by atoms with E-state index in [9.17, 15) is 0 Å². The van der Waals surface area contributed by atoms with Gasteiger partial charge in [-0.3, -0.25) is 0 Å². The molecule has 0 bridgehead atoms. The van der Waals surface area contributed by atoms with E-state index < -0.39 is 0 Å². The molecule has 0 unspecified atom stereocenters. The first kappa shape index (κ1) is 13.7. The van der Waals surface area contributed by atoms with Crippen LogP contribution in [0.5, 0.6) is 0 Å². The van der Waals surface area contributed by atoms with Crippen LogP contribution in [0.1, 0.15) is 18.4 Å². The highest BCUT2D eigenvalue weighted by atomic mass is 79.9. The Labute approximate surface area is 131 Å². The number of halogens is 2. The smallest absolute Gasteiger partial charge is 0.143 e. The number of hydrogen-bond acceptors (Lipinski definition) is 3. The highest BCUT2D eigenvalue weighted by molar-refractivity contribution is 9.10. The number of nitrogens with zero attached hydrogens (tertiary/aromatic N) is 2. The van der Waals surface area contributed by atoms with E-state index in [1.54, 1.807) is 6.20 Å². The lowest BCUT2D eigenvalue weighted by Gasteiger charge is -2.25. The van der Waals surface area contributed by atoms with E-state index in [0.29, 0.717) is 11.1 Å². The third-order valence-corrected chi connectivity index (χ3v) is 4.14. The maximum atomic E-state index is 5.97. The van der Waals surface area contributed by atoms with Crippen molar-refractivity contribution in [2.75, 3.05) is 10.6 Å². The topological polar surface area (TPSA) is 42.1 Å². The molecule has 1 aliphatic carbocycles. The number of nitrogens with two attached hydrogens (primary N) is 1. The summed E-state index contributed by atoms with van der Waals surface area (Å²) in [4.78, 5) is 6.79. The van der Waals surface area contributed by atoms with Gasteiger partial charge in [-0.1, -0.05) is 23.7 Å². The van der Waals surface area contributed by atoms with Gasteiger partial charge in [0, 0.05) is 24.5 Å². The van der Waals surface area contributed by atoms with Gasteiger partial charge in [0.05, 0.1) is 9.50 Å². The van der Waals surface area contributed by atoms with E-state index in [4.69, 9.17) is 17.3 Å². The highest BCUT2D eigenvalue weighted by Crippen LogP contribution is 2.36. The van der Waals surface area contributed by atoms with Crippen LogP contribution in [0, 0.1) is 0 Å². The Balaban J connectivity index is 1.89. The minimum atomic E-state index is 0.557. The van der Waals surface area contributed by atoms with Crippen LogP contribution in [-0.2, 0) is 6.54 Å². The average Bonchev–Trinajstić information content (AvgIpc) is 3.21. The molecule has 1 aromatic heterocycles. The largest absolute Gasteiger partial charge is 0.399 e. The van der Waals surface area contributed by atoms with Crippen LogP contribution < -0.4 is 10.6 Å². The van der Waals surface area contributed by atoms with E-state index >= 15 is 0 Å². The van der Waals surface area contributed by atoms with E-state index in [1.807, 2.05) is 24.3 Å². The molecule has 0 radical (unpaired) electrons. The Morgan fingerprint density at radius 1 is 1.35 bits per heavy atom. The number of rotatable bonds is 4. The van der Waals surface area contributed by atoms with Crippen molar-refractivity contribution in [2.24, 2.45) is 0 Å². The zero-order valence-electron chi connectivity index (χ0n) is 10.9. The van der Waals surface area contributed by atoms with Gasteiger partial charge in [-0.15, -0.1) is 0 Å². The summed E-state index contributed by atoms with van der Waals surface area (Å²) in [6.45, 7) is 0.808. The van der Waals surface area contributed by atoms with Gasteiger partial charge in [0.2, 0.25) is 0 Å². The molecule has 2 aromatic rings. The maximum Gasteiger partial charge on any atom is 0.143 e. The number of aromatic nitrogens is 1. The molecule has 1 aromatic carbocycles. The fourth-order valence-corrected chi connectivity index (χ4v) is 3.14. The first-order chi connectivity index (χ1) is 9.63. The van der Waals surface area contributed by atoms with Crippen molar-refractivity contribution in [1.29, 1.82) is 0 Å². The predicted molar refractivity (Wildman–Crippen MR) is 87.0 cm³/mol. The normalized spacial score (nSPS) is 14.3. The number of hydrogen-bond donors (Lipinski definition) is 1. The molecule has 1 aliphatic rings. The zero-order valence-corrected chi connectivity index (χ0v) is 13.2. The van der Waals surface area contributed by atoms with Crippen molar-refractivity contribution in [3.63, 3.8) is 0 Å². The lowest BCUT2D eigenvalue weighted by Crippen LogP contribution is -2.26. The monoisotopic (exact) mass is 351 g/mol. The van der Waals surface area contributed by atoms with Crippen LogP contribution >= 0.6 is 27.5 Å². The molecule has 1 fully saturated rings. The van der Waals surface area contributed by atoms with Crippen molar-refractivity contribution in [3.8, 4) is 0 Å². The second kappa shape index (κ2) is 5.62. The average molecular weight is 353 g/mol. The van der Waals surface area contributed by atoms with Crippen LogP contribution in [-0.4, -0.2) is 11.0 Å². The molecule has 1 heterocycles. The molecule has 1 saturated carbocycles. The fourth-order valence-electron chi connectivity index (χ4n) is 2.27. The maximum absolute atomic E-state index is 5.97. The number of benzene rings is 1. The van der Waals surface area contributed by atoms with Crippen molar-refractivity contribution in [3.05, 3.63) is 51.6 Å². The van der Waals surface area contributed by atoms with E-state index in [2.05, 4.69) is 31.9 Å². The molecule has 3 rings (SSSR count). The quantitative estimate of drug-likeness (QED) is 0.837. The van der Waals surface area contributed by atoms with E-state index in [-0.39, 0.29) is 0 Å². The van der Waals surface area contributed by atoms with Crippen LogP contribution in [0.25, 0.3) is 0 Å². The molecule has 0 spiro atoms. The van der Waals surface area contributed by atoms with Crippen molar-refractivity contribution in [2.45, 2.75) is 25.4 Å². The van der Waals surface area contributed by atoms with E-state index in [0.717, 1.165) is 22.5 Å². The molecule has 0 aliphatic heterocycles. The molecule has 0 saturated heterocycles. The summed E-state index contributed by atoms with van der Waals surface area (Å²) in [7, 11) is 0. The number of pyridine rings is 1. The second-order valence-electron chi connectivity index (χ2n) is 5.06. The Bertz CT molecular complexity index is 628. The van der Waals surface area contributed by atoms with Gasteiger partial charge in [0.25, 0.3) is 0 Å². The van der Waals surface area contributed by atoms with Gasteiger partial charge in [-0.05, 0) is 52.5 Å². The van der Waals surface area contributed by atoms with Crippen LogP contribution in [0.15, 0.2) is 41.0 Å². The standard InChI is InChI=1S/C15H15BrClN3/c16-14-7-11(17)8-19-15(14)20(13-4-5-13)9-10-2-1-3-12(18)6-10/h1-3,6-8,13H,4-5,9,18H2. The molecular weight excluding hydrogens is 338 g/mol. The predicted octanol–water partition coefficient (Wildman–Crippen LogP) is 4.25. The Hall–Kier alpha value is -1.26. The molecule has 3 nitrogen and oxygen atoms in total. The molecule has 0 amide bonds. The summed E-state index contributed by atoms with van der Waals surface area (Å²) >= 11 is 9.53. The Morgan fingerprint density at radius 2 is 2.15 bits per heavy atom. The molecule has 2 N–H and O–H groups in total. The SMILES string of the molecule is Nc1cccc(CN(c2ncc(Cl)cc2Br)C2CC2)c1. The van der Waals surface area contributed by atoms with Crippen LogP contribution in [0.3, 0.4) is 0 Å². The fraction of sp³-hybridized carbons (Fsp3) is 0.267. The first-order valence-corrected chi connectivity index (χ1v) is 7.72. The summed E-state index contributed by atoms with van der Waals surface area (Å²) in [6.07, 6.45) is 4.11. The van der Waals surface area contributed by atoms with Crippen LogP contribution in [0.4, 0.5) is 11.5 Å². The summed E-state index contributed by atoms with van der Waals surface area (Å²) in [6, 6.07) is 10.4. The zero-order chi connectivity index (χ0) is 14.1. The molecule has 0 atom stereocenters. The third kappa shape index (κ3) is 3.07. The van der Waals surface area contributed by atoms with Gasteiger partial charge >= 0.3 is 0 Å². The lowest BCUT2D eigenvalue weighted by atomic mass is 10.2. The summed E-state index contributed by atoms with van der Waals surface area (Å²) < 4.78 is 0.931. The lowest BCUT2D eigenvalue weighted by molar-refractivity contribution is 0.776. The summed E-state index contributed by atoms with van der Waals surface area (Å²) in [5.41, 5.74) is 7.84. The second-order valence-corrected chi connectivity index (χ2v) is 6.35. The summed E-state index contributed by atoms with van der Waals surface area (Å²) in [5.74, 6) is 0.944. The van der Waals surface area contributed by atoms with Gasteiger partial charge in [0.15, 0.2) is 0 Å². The van der Waals surface area contributed by atoms with E-state index in [1.165, 1.54) is 18.4 Å². The minimum absolute atomic E-state index is 0.557. The van der Waals surface area contributed by atoms with Gasteiger partial charge in [0.1, 0.15) is 5.82 Å². The molecule has 20 heavy (non-hydrogen) atoms. The van der Waals surface area contributed by atoms with Crippen molar-refractivity contribution >= 4 is 39.0 Å². The van der Waals surface area contributed by atoms with Gasteiger partial charge < -0.3 is 10.6 Å². The molecule has 104 valence electrons. The molecular formula is C15H15BrClN3. The van der Waals surface area contributed by atoms with Crippen molar-refractivity contribution < 1.29 is 0 Å².